The summed E-state index contributed by atoms with van der Waals surface area (Å²) in [6.07, 6.45) is -1.77. The molecule has 0 bridgehead atoms. The van der Waals surface area contributed by atoms with Crippen molar-refractivity contribution in [2.45, 2.75) is 31.5 Å². The number of hydrogen-bond acceptors (Lipinski definition) is 4. The second-order valence-corrected chi connectivity index (χ2v) is 3.98. The van der Waals surface area contributed by atoms with Crippen molar-refractivity contribution in [3.05, 3.63) is 0 Å². The third-order valence-electron chi connectivity index (χ3n) is 2.42. The number of halogens is 3. The van der Waals surface area contributed by atoms with Crippen LogP contribution in [0, 0.1) is 0 Å². The molecule has 1 saturated heterocycles. The summed E-state index contributed by atoms with van der Waals surface area (Å²) >= 11 is 0. The lowest BCUT2D eigenvalue weighted by Crippen LogP contribution is -2.47. The molecule has 1 atom stereocenters. The van der Waals surface area contributed by atoms with Gasteiger partial charge in [-0.25, -0.2) is 4.79 Å². The van der Waals surface area contributed by atoms with Crippen molar-refractivity contribution in [1.82, 2.24) is 4.90 Å². The Morgan fingerprint density at radius 3 is 1.95 bits per heavy atom. The van der Waals surface area contributed by atoms with Gasteiger partial charge in [-0.15, -0.1) is 0 Å². The molecule has 0 aromatic carbocycles. The summed E-state index contributed by atoms with van der Waals surface area (Å²) in [6, 6.07) is -0.719. The normalized spacial score (nSPS) is 17.2. The quantitative estimate of drug-likeness (QED) is 0.660. The molecule has 112 valence electrons. The Morgan fingerprint density at radius 1 is 1.21 bits per heavy atom. The lowest BCUT2D eigenvalue weighted by molar-refractivity contribution is -0.192. The highest BCUT2D eigenvalue weighted by atomic mass is 19.4. The Hall–Kier alpha value is -1.35. The summed E-state index contributed by atoms with van der Waals surface area (Å²) in [4.78, 5) is 22.0. The number of nitrogens with zero attached hydrogens (tertiary/aromatic N) is 1. The molecule has 0 radical (unpaired) electrons. The van der Waals surface area contributed by atoms with Crippen molar-refractivity contribution in [2.75, 3.05) is 19.7 Å². The molecule has 1 aliphatic heterocycles. The topological polar surface area (TPSA) is 104 Å². The molecule has 0 aromatic rings. The predicted molar refractivity (Wildman–Crippen MR) is 59.2 cm³/mol. The number of likely N-dealkylation sites (tertiary alicyclic amines) is 1. The number of carboxylic acid groups (broad SMARTS) is 1. The van der Waals surface area contributed by atoms with Crippen LogP contribution in [0.15, 0.2) is 0 Å². The summed E-state index contributed by atoms with van der Waals surface area (Å²) in [5.41, 5.74) is 5.41. The smallest absolute Gasteiger partial charge is 0.475 e. The first-order chi connectivity index (χ1) is 8.70. The minimum absolute atomic E-state index is 0.114. The number of nitrogens with two attached hydrogens (primary N) is 1. The molecule has 0 unspecified atom stereocenters. The summed E-state index contributed by atoms with van der Waals surface area (Å²) in [5, 5.41) is 15.8. The summed E-state index contributed by atoms with van der Waals surface area (Å²) in [5.74, 6) is -2.87. The number of amides is 1. The van der Waals surface area contributed by atoms with Gasteiger partial charge in [0.05, 0.1) is 6.61 Å². The molecule has 1 amide bonds. The lowest BCUT2D eigenvalue weighted by atomic mass is 10.1. The zero-order valence-electron chi connectivity index (χ0n) is 10.2. The molecule has 1 fully saturated rings. The van der Waals surface area contributed by atoms with Crippen LogP contribution in [0.25, 0.3) is 0 Å². The second-order valence-electron chi connectivity index (χ2n) is 3.98. The number of aliphatic hydroxyl groups excluding tert-OH is 1. The largest absolute Gasteiger partial charge is 0.490 e. The van der Waals surface area contributed by atoms with Crippen LogP contribution >= 0.6 is 0 Å². The highest BCUT2D eigenvalue weighted by Crippen LogP contribution is 2.13. The molecule has 1 heterocycles. The number of carboxylic acids is 1. The van der Waals surface area contributed by atoms with E-state index < -0.39 is 18.2 Å². The molecule has 6 nitrogen and oxygen atoms in total. The zero-order chi connectivity index (χ0) is 15.1. The molecular formula is C10H17F3N2O4. The van der Waals surface area contributed by atoms with Gasteiger partial charge >= 0.3 is 12.1 Å². The minimum atomic E-state index is -5.08. The van der Waals surface area contributed by atoms with Gasteiger partial charge in [0.1, 0.15) is 6.04 Å². The van der Waals surface area contributed by atoms with Crippen molar-refractivity contribution in [1.29, 1.82) is 0 Å². The first kappa shape index (κ1) is 17.6. The van der Waals surface area contributed by atoms with Crippen LogP contribution in [0.2, 0.25) is 0 Å². The Morgan fingerprint density at radius 2 is 1.63 bits per heavy atom. The SMILES string of the molecule is N[C@@H](CO)C(=O)N1CCCCC1.O=C(O)C(F)(F)F. The zero-order valence-corrected chi connectivity index (χ0v) is 10.2. The van der Waals surface area contributed by atoms with E-state index in [0.717, 1.165) is 25.9 Å². The average Bonchev–Trinajstić information content (AvgIpc) is 2.37. The maximum atomic E-state index is 11.4. The van der Waals surface area contributed by atoms with Crippen molar-refractivity contribution in [3.63, 3.8) is 0 Å². The highest BCUT2D eigenvalue weighted by molar-refractivity contribution is 5.81. The molecule has 1 rings (SSSR count). The highest BCUT2D eigenvalue weighted by Gasteiger charge is 2.38. The summed E-state index contributed by atoms with van der Waals surface area (Å²) < 4.78 is 31.7. The maximum Gasteiger partial charge on any atom is 0.490 e. The van der Waals surface area contributed by atoms with Crippen molar-refractivity contribution in [2.24, 2.45) is 5.73 Å². The average molecular weight is 286 g/mol. The molecule has 0 spiro atoms. The van der Waals surface area contributed by atoms with Gasteiger partial charge in [-0.2, -0.15) is 13.2 Å². The third-order valence-corrected chi connectivity index (χ3v) is 2.42. The summed E-state index contributed by atoms with van der Waals surface area (Å²) in [6.45, 7) is 1.34. The molecule has 9 heteroatoms. The minimum Gasteiger partial charge on any atom is -0.475 e. The van der Waals surface area contributed by atoms with Crippen LogP contribution in [0.1, 0.15) is 19.3 Å². The monoisotopic (exact) mass is 286 g/mol. The molecule has 1 aliphatic rings. The number of carbonyl (C=O) groups excluding carboxylic acids is 1. The van der Waals surface area contributed by atoms with Gasteiger partial charge < -0.3 is 20.8 Å². The van der Waals surface area contributed by atoms with Gasteiger partial charge in [0, 0.05) is 13.1 Å². The van der Waals surface area contributed by atoms with Crippen molar-refractivity contribution < 1.29 is 33.0 Å². The number of aliphatic carboxylic acids is 1. The Bertz CT molecular complexity index is 304. The van der Waals surface area contributed by atoms with Crippen LogP contribution in [0.5, 0.6) is 0 Å². The fourth-order valence-corrected chi connectivity index (χ4v) is 1.43. The van der Waals surface area contributed by atoms with E-state index in [1.165, 1.54) is 6.42 Å². The first-order valence-electron chi connectivity index (χ1n) is 5.65. The number of carbonyl (C=O) groups is 2. The molecule has 19 heavy (non-hydrogen) atoms. The van der Waals surface area contributed by atoms with Gasteiger partial charge in [0.15, 0.2) is 0 Å². The molecule has 0 aromatic heterocycles. The molecule has 0 aliphatic carbocycles. The standard InChI is InChI=1S/C8H16N2O2.C2HF3O2/c9-7(6-11)8(12)10-4-2-1-3-5-10;3-2(4,5)1(6)7/h7,11H,1-6,9H2;(H,6,7)/t7-;/m0./s1. The van der Waals surface area contributed by atoms with Crippen molar-refractivity contribution in [3.8, 4) is 0 Å². The summed E-state index contributed by atoms with van der Waals surface area (Å²) in [7, 11) is 0. The van der Waals surface area contributed by atoms with E-state index in [2.05, 4.69) is 0 Å². The number of hydrogen-bond donors (Lipinski definition) is 3. The van der Waals surface area contributed by atoms with Gasteiger partial charge in [-0.3, -0.25) is 4.79 Å². The van der Waals surface area contributed by atoms with E-state index in [9.17, 15) is 18.0 Å². The van der Waals surface area contributed by atoms with Gasteiger partial charge in [0.25, 0.3) is 0 Å². The van der Waals surface area contributed by atoms with E-state index in [0.29, 0.717) is 0 Å². The Labute approximate surface area is 108 Å². The van der Waals surface area contributed by atoms with E-state index in [-0.39, 0.29) is 12.5 Å². The van der Waals surface area contributed by atoms with Gasteiger partial charge in [0.2, 0.25) is 5.91 Å². The Balaban J connectivity index is 0.000000399. The first-order valence-corrected chi connectivity index (χ1v) is 5.65. The van der Waals surface area contributed by atoms with E-state index in [1.54, 1.807) is 4.90 Å². The van der Waals surface area contributed by atoms with E-state index >= 15 is 0 Å². The van der Waals surface area contributed by atoms with Crippen molar-refractivity contribution >= 4 is 11.9 Å². The van der Waals surface area contributed by atoms with E-state index in [1.807, 2.05) is 0 Å². The number of piperidine rings is 1. The fraction of sp³-hybridized carbons (Fsp3) is 0.800. The molecule has 0 saturated carbocycles. The van der Waals surface area contributed by atoms with Crippen LogP contribution in [-0.2, 0) is 9.59 Å². The second kappa shape index (κ2) is 7.95. The van der Waals surface area contributed by atoms with Gasteiger partial charge in [-0.05, 0) is 19.3 Å². The lowest BCUT2D eigenvalue weighted by Gasteiger charge is -2.28. The van der Waals surface area contributed by atoms with E-state index in [4.69, 9.17) is 20.7 Å². The number of alkyl halides is 3. The van der Waals surface area contributed by atoms with Gasteiger partial charge in [-0.1, -0.05) is 0 Å². The third kappa shape index (κ3) is 6.97. The predicted octanol–water partition coefficient (Wildman–Crippen LogP) is -0.0482. The van der Waals surface area contributed by atoms with Crippen LogP contribution < -0.4 is 5.73 Å². The molecular weight excluding hydrogens is 269 g/mol. The number of aliphatic hydroxyl groups is 1. The van der Waals surface area contributed by atoms with Crippen LogP contribution in [-0.4, -0.2) is 58.9 Å². The molecule has 4 N–H and O–H groups in total. The number of rotatable bonds is 2. The fourth-order valence-electron chi connectivity index (χ4n) is 1.43. The van der Waals surface area contributed by atoms with Crippen LogP contribution in [0.3, 0.4) is 0 Å². The van der Waals surface area contributed by atoms with Crippen LogP contribution in [0.4, 0.5) is 13.2 Å². The Kier molecular flexibility index (Phi) is 7.38. The maximum absolute atomic E-state index is 11.4.